The summed E-state index contributed by atoms with van der Waals surface area (Å²) in [4.78, 5) is 8.62. The molecule has 1 N–H and O–H groups in total. The maximum atomic E-state index is 4.38. The van der Waals surface area contributed by atoms with Gasteiger partial charge in [0.2, 0.25) is 0 Å². The molecule has 0 atom stereocenters. The maximum absolute atomic E-state index is 4.38. The van der Waals surface area contributed by atoms with Gasteiger partial charge in [-0.15, -0.1) is 0 Å². The van der Waals surface area contributed by atoms with E-state index in [4.69, 9.17) is 0 Å². The first-order chi connectivity index (χ1) is 9.22. The standard InChI is InChI=1S/C15H22N4/c1-4-15-18-7-8-19(15)14-5-6-16-10-13(14)11-17-9-12(2)3/h5-8,10,12,17H,4,9,11H2,1-3H3. The molecule has 0 unspecified atom stereocenters. The smallest absolute Gasteiger partial charge is 0.112 e. The summed E-state index contributed by atoms with van der Waals surface area (Å²) in [5, 5.41) is 3.47. The van der Waals surface area contributed by atoms with Crippen LogP contribution in [0, 0.1) is 5.92 Å². The lowest BCUT2D eigenvalue weighted by atomic mass is 10.2. The lowest BCUT2D eigenvalue weighted by Gasteiger charge is -2.13. The molecule has 0 radical (unpaired) electrons. The Kier molecular flexibility index (Phi) is 4.68. The Hall–Kier alpha value is -1.68. The van der Waals surface area contributed by atoms with Crippen molar-refractivity contribution in [2.45, 2.75) is 33.7 Å². The minimum absolute atomic E-state index is 0.652. The van der Waals surface area contributed by atoms with Gasteiger partial charge in [-0.3, -0.25) is 4.98 Å². The largest absolute Gasteiger partial charge is 0.312 e. The van der Waals surface area contributed by atoms with Gasteiger partial charge in [-0.05, 0) is 18.5 Å². The van der Waals surface area contributed by atoms with Crippen LogP contribution in [-0.2, 0) is 13.0 Å². The van der Waals surface area contributed by atoms with Gasteiger partial charge in [0, 0.05) is 43.3 Å². The molecule has 0 aliphatic rings. The van der Waals surface area contributed by atoms with Crippen LogP contribution >= 0.6 is 0 Å². The van der Waals surface area contributed by atoms with Crippen LogP contribution in [-0.4, -0.2) is 21.1 Å². The number of hydrogen-bond donors (Lipinski definition) is 1. The second-order valence-corrected chi connectivity index (χ2v) is 5.10. The van der Waals surface area contributed by atoms with Gasteiger partial charge in [0.25, 0.3) is 0 Å². The fraction of sp³-hybridized carbons (Fsp3) is 0.467. The van der Waals surface area contributed by atoms with Gasteiger partial charge < -0.3 is 9.88 Å². The second-order valence-electron chi connectivity index (χ2n) is 5.10. The van der Waals surface area contributed by atoms with Crippen molar-refractivity contribution in [2.24, 2.45) is 5.92 Å². The van der Waals surface area contributed by atoms with Gasteiger partial charge in [-0.1, -0.05) is 20.8 Å². The molecular weight excluding hydrogens is 236 g/mol. The summed E-state index contributed by atoms with van der Waals surface area (Å²) in [6.45, 7) is 8.39. The lowest BCUT2D eigenvalue weighted by molar-refractivity contribution is 0.551. The Labute approximate surface area is 114 Å². The average molecular weight is 258 g/mol. The minimum Gasteiger partial charge on any atom is -0.312 e. The van der Waals surface area contributed by atoms with Crippen LogP contribution in [0.3, 0.4) is 0 Å². The summed E-state index contributed by atoms with van der Waals surface area (Å²) in [6.07, 6.45) is 8.56. The number of rotatable bonds is 6. The zero-order valence-electron chi connectivity index (χ0n) is 11.9. The van der Waals surface area contributed by atoms with Crippen LogP contribution in [0.25, 0.3) is 5.69 Å². The van der Waals surface area contributed by atoms with Gasteiger partial charge in [0.1, 0.15) is 5.82 Å². The molecule has 102 valence electrons. The molecule has 2 rings (SSSR count). The molecule has 0 aliphatic heterocycles. The number of aromatic nitrogens is 3. The Morgan fingerprint density at radius 1 is 1.32 bits per heavy atom. The Balaban J connectivity index is 2.21. The van der Waals surface area contributed by atoms with Crippen molar-refractivity contribution < 1.29 is 0 Å². The van der Waals surface area contributed by atoms with E-state index in [2.05, 4.69) is 40.6 Å². The highest BCUT2D eigenvalue weighted by Crippen LogP contribution is 2.15. The Morgan fingerprint density at radius 2 is 2.16 bits per heavy atom. The third-order valence-corrected chi connectivity index (χ3v) is 3.04. The first kappa shape index (κ1) is 13.7. The molecule has 0 fully saturated rings. The molecule has 19 heavy (non-hydrogen) atoms. The van der Waals surface area contributed by atoms with Crippen molar-refractivity contribution >= 4 is 0 Å². The summed E-state index contributed by atoms with van der Waals surface area (Å²) in [7, 11) is 0. The molecule has 0 saturated heterocycles. The normalized spacial score (nSPS) is 11.2. The number of pyridine rings is 1. The molecule has 4 heteroatoms. The van der Waals surface area contributed by atoms with Crippen molar-refractivity contribution in [3.63, 3.8) is 0 Å². The summed E-state index contributed by atoms with van der Waals surface area (Å²) in [5.41, 5.74) is 2.37. The Morgan fingerprint density at radius 3 is 2.89 bits per heavy atom. The van der Waals surface area contributed by atoms with E-state index < -0.39 is 0 Å². The van der Waals surface area contributed by atoms with E-state index >= 15 is 0 Å². The summed E-state index contributed by atoms with van der Waals surface area (Å²) >= 11 is 0. The summed E-state index contributed by atoms with van der Waals surface area (Å²) in [6, 6.07) is 2.05. The molecule has 0 amide bonds. The van der Waals surface area contributed by atoms with Crippen molar-refractivity contribution in [2.75, 3.05) is 6.54 Å². The predicted molar refractivity (Wildman–Crippen MR) is 77.3 cm³/mol. The van der Waals surface area contributed by atoms with Crippen LogP contribution in [0.5, 0.6) is 0 Å². The highest BCUT2D eigenvalue weighted by atomic mass is 15.1. The van der Waals surface area contributed by atoms with Gasteiger partial charge in [-0.2, -0.15) is 0 Å². The average Bonchev–Trinajstić information content (AvgIpc) is 2.87. The second kappa shape index (κ2) is 6.48. The van der Waals surface area contributed by atoms with E-state index in [-0.39, 0.29) is 0 Å². The molecule has 0 aliphatic carbocycles. The SMILES string of the molecule is CCc1nccn1-c1ccncc1CNCC(C)C. The third kappa shape index (κ3) is 3.41. The number of imidazole rings is 1. The fourth-order valence-corrected chi connectivity index (χ4v) is 2.10. The first-order valence-corrected chi connectivity index (χ1v) is 6.88. The zero-order valence-corrected chi connectivity index (χ0v) is 11.9. The van der Waals surface area contributed by atoms with E-state index in [0.29, 0.717) is 5.92 Å². The highest BCUT2D eigenvalue weighted by Gasteiger charge is 2.08. The monoisotopic (exact) mass is 258 g/mol. The number of nitrogens with zero attached hydrogens (tertiary/aromatic N) is 3. The topological polar surface area (TPSA) is 42.7 Å². The van der Waals surface area contributed by atoms with Crippen molar-refractivity contribution in [1.82, 2.24) is 19.9 Å². The van der Waals surface area contributed by atoms with Gasteiger partial charge in [0.05, 0.1) is 5.69 Å². The van der Waals surface area contributed by atoms with Crippen molar-refractivity contribution in [3.05, 3.63) is 42.2 Å². The van der Waals surface area contributed by atoms with E-state index in [1.165, 1.54) is 11.3 Å². The van der Waals surface area contributed by atoms with E-state index in [0.717, 1.165) is 25.3 Å². The van der Waals surface area contributed by atoms with Gasteiger partial charge >= 0.3 is 0 Å². The van der Waals surface area contributed by atoms with Crippen LogP contribution in [0.2, 0.25) is 0 Å². The minimum atomic E-state index is 0.652. The summed E-state index contributed by atoms with van der Waals surface area (Å²) < 4.78 is 2.15. The molecule has 0 saturated carbocycles. The highest BCUT2D eigenvalue weighted by molar-refractivity contribution is 5.39. The van der Waals surface area contributed by atoms with Crippen LogP contribution in [0.4, 0.5) is 0 Å². The van der Waals surface area contributed by atoms with Crippen molar-refractivity contribution in [3.8, 4) is 5.69 Å². The molecule has 0 spiro atoms. The third-order valence-electron chi connectivity index (χ3n) is 3.04. The van der Waals surface area contributed by atoms with Crippen LogP contribution in [0.1, 0.15) is 32.2 Å². The van der Waals surface area contributed by atoms with Crippen LogP contribution < -0.4 is 5.32 Å². The van der Waals surface area contributed by atoms with E-state index in [1.54, 1.807) is 0 Å². The molecule has 2 heterocycles. The molecular formula is C15H22N4. The molecule has 2 aromatic heterocycles. The maximum Gasteiger partial charge on any atom is 0.112 e. The number of aryl methyl sites for hydroxylation is 1. The molecule has 4 nitrogen and oxygen atoms in total. The van der Waals surface area contributed by atoms with Crippen LogP contribution in [0.15, 0.2) is 30.9 Å². The van der Waals surface area contributed by atoms with Crippen molar-refractivity contribution in [1.29, 1.82) is 0 Å². The zero-order chi connectivity index (χ0) is 13.7. The quantitative estimate of drug-likeness (QED) is 0.866. The molecule has 2 aromatic rings. The van der Waals surface area contributed by atoms with Gasteiger partial charge in [-0.25, -0.2) is 4.98 Å². The van der Waals surface area contributed by atoms with Gasteiger partial charge in [0.15, 0.2) is 0 Å². The van der Waals surface area contributed by atoms with E-state index in [1.807, 2.05) is 30.9 Å². The van der Waals surface area contributed by atoms with E-state index in [9.17, 15) is 0 Å². The summed E-state index contributed by atoms with van der Waals surface area (Å²) in [5.74, 6) is 1.73. The number of hydrogen-bond acceptors (Lipinski definition) is 3. The Bertz CT molecular complexity index is 516. The molecule has 0 aromatic carbocycles. The number of nitrogens with one attached hydrogen (secondary N) is 1. The lowest BCUT2D eigenvalue weighted by Crippen LogP contribution is -2.20. The predicted octanol–water partition coefficient (Wildman–Crippen LogP) is 2.58. The fourth-order valence-electron chi connectivity index (χ4n) is 2.10. The first-order valence-electron chi connectivity index (χ1n) is 6.88. The molecule has 0 bridgehead atoms.